The van der Waals surface area contributed by atoms with E-state index in [1.807, 2.05) is 35.9 Å². The van der Waals surface area contributed by atoms with Crippen LogP contribution in [0.25, 0.3) is 10.9 Å². The Balaban J connectivity index is 1.37. The monoisotopic (exact) mass is 543 g/mol. The van der Waals surface area contributed by atoms with Crippen molar-refractivity contribution in [2.45, 2.75) is 52.3 Å². The Kier molecular flexibility index (Phi) is 7.53. The van der Waals surface area contributed by atoms with Crippen molar-refractivity contribution in [3.63, 3.8) is 0 Å². The molecule has 0 radical (unpaired) electrons. The van der Waals surface area contributed by atoms with Crippen molar-refractivity contribution in [1.82, 2.24) is 30.1 Å². The normalized spacial score (nSPS) is 18.9. The zero-order chi connectivity index (χ0) is 27.6. The van der Waals surface area contributed by atoms with Gasteiger partial charge in [0, 0.05) is 54.9 Å². The lowest BCUT2D eigenvalue weighted by Crippen LogP contribution is -2.49. The molecule has 0 aliphatic carbocycles. The van der Waals surface area contributed by atoms with E-state index in [0.29, 0.717) is 24.5 Å². The number of aryl methyl sites for hydroxylation is 2. The minimum absolute atomic E-state index is 0.0766. The van der Waals surface area contributed by atoms with Gasteiger partial charge in [-0.1, -0.05) is 12.1 Å². The fraction of sp³-hybridized carbons (Fsp3) is 0.467. The van der Waals surface area contributed by atoms with Crippen LogP contribution in [-0.4, -0.2) is 75.6 Å². The number of benzene rings is 2. The summed E-state index contributed by atoms with van der Waals surface area (Å²) in [7, 11) is 0. The van der Waals surface area contributed by atoms with Gasteiger partial charge in [-0.05, 0) is 85.5 Å². The molecule has 0 spiro atoms. The van der Waals surface area contributed by atoms with Gasteiger partial charge in [0.1, 0.15) is 11.8 Å². The van der Waals surface area contributed by atoms with Crippen molar-refractivity contribution in [3.05, 3.63) is 75.3 Å². The first-order chi connectivity index (χ1) is 19.5. The first kappa shape index (κ1) is 26.5. The zero-order valence-electron chi connectivity index (χ0n) is 23.5. The van der Waals surface area contributed by atoms with Crippen LogP contribution >= 0.6 is 0 Å². The van der Waals surface area contributed by atoms with Crippen molar-refractivity contribution in [3.8, 4) is 5.75 Å². The van der Waals surface area contributed by atoms with Gasteiger partial charge in [-0.2, -0.15) is 0 Å². The maximum atomic E-state index is 13.6. The molecule has 0 unspecified atom stereocenters. The largest absolute Gasteiger partial charge is 0.494 e. The van der Waals surface area contributed by atoms with Crippen LogP contribution in [0.5, 0.6) is 5.75 Å². The summed E-state index contributed by atoms with van der Waals surface area (Å²) in [6.45, 7) is 11.4. The minimum atomic E-state index is -0.402. The zero-order valence-corrected chi connectivity index (χ0v) is 23.5. The molecule has 2 aromatic carbocycles. The number of pyridine rings is 1. The molecular weight excluding hydrogens is 506 g/mol. The summed E-state index contributed by atoms with van der Waals surface area (Å²) < 4.78 is 13.5. The first-order valence-electron chi connectivity index (χ1n) is 14.2. The third kappa shape index (κ3) is 5.33. The highest BCUT2D eigenvalue weighted by Gasteiger charge is 2.34. The van der Waals surface area contributed by atoms with E-state index in [2.05, 4.69) is 62.4 Å². The smallest absolute Gasteiger partial charge is 0.253 e. The number of hydrogen-bond acceptors (Lipinski definition) is 8. The number of ether oxygens (including phenoxy) is 2. The molecule has 2 fully saturated rings. The van der Waals surface area contributed by atoms with Crippen molar-refractivity contribution in [2.75, 3.05) is 44.3 Å². The lowest BCUT2D eigenvalue weighted by molar-refractivity contribution is 0.0906. The van der Waals surface area contributed by atoms with Gasteiger partial charge in [0.25, 0.3) is 5.56 Å². The molecule has 10 nitrogen and oxygen atoms in total. The second-order valence-corrected chi connectivity index (χ2v) is 10.8. The highest BCUT2D eigenvalue weighted by molar-refractivity contribution is 5.80. The molecule has 2 atom stereocenters. The fourth-order valence-corrected chi connectivity index (χ4v) is 5.96. The van der Waals surface area contributed by atoms with E-state index in [1.54, 1.807) is 0 Å². The molecule has 10 heteroatoms. The Morgan fingerprint density at radius 3 is 2.73 bits per heavy atom. The van der Waals surface area contributed by atoms with Crippen LogP contribution in [0, 0.1) is 13.8 Å². The van der Waals surface area contributed by atoms with E-state index >= 15 is 0 Å². The van der Waals surface area contributed by atoms with Gasteiger partial charge in [0.05, 0.1) is 19.3 Å². The number of nitrogens with one attached hydrogen (secondary N) is 1. The van der Waals surface area contributed by atoms with E-state index in [0.717, 1.165) is 62.3 Å². The number of rotatable bonds is 8. The van der Waals surface area contributed by atoms with Crippen LogP contribution in [0.4, 0.5) is 5.69 Å². The summed E-state index contributed by atoms with van der Waals surface area (Å²) in [6.07, 6.45) is 2.10. The number of aromatic nitrogens is 5. The quantitative estimate of drug-likeness (QED) is 0.360. The summed E-state index contributed by atoms with van der Waals surface area (Å²) in [6, 6.07) is 13.9. The first-order valence-corrected chi connectivity index (χ1v) is 14.2. The molecule has 4 aromatic rings. The fourth-order valence-electron chi connectivity index (χ4n) is 5.96. The minimum Gasteiger partial charge on any atom is -0.494 e. The van der Waals surface area contributed by atoms with Crippen LogP contribution in [0.2, 0.25) is 0 Å². The average Bonchev–Trinajstić information content (AvgIpc) is 3.64. The molecule has 2 aromatic heterocycles. The number of piperazine rings is 1. The molecule has 2 saturated heterocycles. The van der Waals surface area contributed by atoms with Crippen LogP contribution in [0.15, 0.2) is 47.3 Å². The summed E-state index contributed by atoms with van der Waals surface area (Å²) in [5.41, 5.74) is 5.06. The van der Waals surface area contributed by atoms with Gasteiger partial charge in [-0.25, -0.2) is 4.68 Å². The molecule has 6 rings (SSSR count). The number of hydrogen-bond donors (Lipinski definition) is 1. The standard InChI is InChI=1S/C30H37N7O3/c1-4-39-23-9-10-26-22(17-23)18-25(30(38)31-26)28(29-32-33-34-37(29)19-24-6-5-15-40-24)36-13-11-35(12-14-36)27-16-20(2)7-8-21(27)3/h7-10,16-18,24,28H,4-6,11-15,19H2,1-3H3,(H,31,38)/t24-,28+/m0/s1. The molecule has 0 bridgehead atoms. The number of tetrazole rings is 1. The van der Waals surface area contributed by atoms with E-state index < -0.39 is 6.04 Å². The second kappa shape index (κ2) is 11.4. The number of anilines is 1. The van der Waals surface area contributed by atoms with E-state index in [4.69, 9.17) is 9.47 Å². The van der Waals surface area contributed by atoms with E-state index in [9.17, 15) is 4.79 Å². The predicted molar refractivity (Wildman–Crippen MR) is 154 cm³/mol. The van der Waals surface area contributed by atoms with E-state index in [-0.39, 0.29) is 11.7 Å². The summed E-state index contributed by atoms with van der Waals surface area (Å²) in [5, 5.41) is 13.8. The number of nitrogens with zero attached hydrogens (tertiary/aromatic N) is 6. The van der Waals surface area contributed by atoms with Crippen LogP contribution in [-0.2, 0) is 11.3 Å². The van der Waals surface area contributed by atoms with Crippen LogP contribution < -0.4 is 15.2 Å². The predicted octanol–water partition coefficient (Wildman–Crippen LogP) is 3.62. The molecule has 210 valence electrons. The second-order valence-electron chi connectivity index (χ2n) is 10.8. The highest BCUT2D eigenvalue weighted by Crippen LogP contribution is 2.31. The van der Waals surface area contributed by atoms with Gasteiger partial charge in [-0.15, -0.1) is 5.10 Å². The number of fused-ring (bicyclic) bond motifs is 1. The third-order valence-electron chi connectivity index (χ3n) is 8.04. The summed E-state index contributed by atoms with van der Waals surface area (Å²) in [4.78, 5) is 21.5. The molecule has 2 aliphatic rings. The lowest BCUT2D eigenvalue weighted by Gasteiger charge is -2.40. The van der Waals surface area contributed by atoms with E-state index in [1.165, 1.54) is 16.8 Å². The Labute approximate surface area is 233 Å². The Morgan fingerprint density at radius 1 is 1.10 bits per heavy atom. The highest BCUT2D eigenvalue weighted by atomic mass is 16.5. The van der Waals surface area contributed by atoms with Gasteiger partial charge in [0.2, 0.25) is 0 Å². The number of H-pyrrole nitrogens is 1. The molecule has 0 saturated carbocycles. The molecule has 40 heavy (non-hydrogen) atoms. The lowest BCUT2D eigenvalue weighted by atomic mass is 10.0. The Hall–Kier alpha value is -3.76. The average molecular weight is 544 g/mol. The van der Waals surface area contributed by atoms with Crippen LogP contribution in [0.3, 0.4) is 0 Å². The van der Waals surface area contributed by atoms with Gasteiger partial charge >= 0.3 is 0 Å². The molecular formula is C30H37N7O3. The van der Waals surface area contributed by atoms with Gasteiger partial charge < -0.3 is 19.4 Å². The third-order valence-corrected chi connectivity index (χ3v) is 8.04. The molecule has 4 heterocycles. The van der Waals surface area contributed by atoms with Crippen molar-refractivity contribution in [2.24, 2.45) is 0 Å². The van der Waals surface area contributed by atoms with Crippen LogP contribution in [0.1, 0.15) is 48.3 Å². The SMILES string of the molecule is CCOc1ccc2[nH]c(=O)c([C@H](c3nnnn3C[C@@H]3CCCO3)N3CCN(c4cc(C)ccc4C)CC3)cc2c1. The molecule has 0 amide bonds. The van der Waals surface area contributed by atoms with Gasteiger partial charge in [-0.3, -0.25) is 9.69 Å². The summed E-state index contributed by atoms with van der Waals surface area (Å²) >= 11 is 0. The maximum absolute atomic E-state index is 13.6. The molecule has 2 aliphatic heterocycles. The van der Waals surface area contributed by atoms with Crippen molar-refractivity contribution < 1.29 is 9.47 Å². The Bertz CT molecular complexity index is 1530. The maximum Gasteiger partial charge on any atom is 0.253 e. The van der Waals surface area contributed by atoms with Crippen molar-refractivity contribution >= 4 is 16.6 Å². The molecule has 1 N–H and O–H groups in total. The topological polar surface area (TPSA) is 101 Å². The number of aromatic amines is 1. The van der Waals surface area contributed by atoms with Gasteiger partial charge in [0.15, 0.2) is 5.82 Å². The Morgan fingerprint density at radius 2 is 1.95 bits per heavy atom. The summed E-state index contributed by atoms with van der Waals surface area (Å²) in [5.74, 6) is 1.44. The van der Waals surface area contributed by atoms with Crippen molar-refractivity contribution in [1.29, 1.82) is 0 Å².